The molecule has 1 aromatic carbocycles. The van der Waals surface area contributed by atoms with Crippen molar-refractivity contribution in [3.63, 3.8) is 0 Å². The van der Waals surface area contributed by atoms with Crippen molar-refractivity contribution in [2.45, 2.75) is 33.2 Å². The van der Waals surface area contributed by atoms with Crippen LogP contribution in [0.1, 0.15) is 31.4 Å². The number of anilines is 1. The molecule has 1 aliphatic heterocycles. The van der Waals surface area contributed by atoms with Crippen LogP contribution in [0.15, 0.2) is 18.2 Å². The lowest BCUT2D eigenvalue weighted by molar-refractivity contribution is -0.131. The van der Waals surface area contributed by atoms with E-state index in [1.807, 2.05) is 24.0 Å². The molecule has 20 heavy (non-hydrogen) atoms. The van der Waals surface area contributed by atoms with E-state index in [4.69, 9.17) is 0 Å². The Morgan fingerprint density at radius 2 is 2.05 bits per heavy atom. The Kier molecular flexibility index (Phi) is 4.32. The van der Waals surface area contributed by atoms with Gasteiger partial charge < -0.3 is 4.90 Å². The number of amides is 1. The van der Waals surface area contributed by atoms with Gasteiger partial charge >= 0.3 is 0 Å². The van der Waals surface area contributed by atoms with Crippen LogP contribution in [0, 0.1) is 0 Å². The topological polar surface area (TPSA) is 66.5 Å². The Bertz CT molecular complexity index is 611. The maximum Gasteiger partial charge on any atom is 0.232 e. The summed E-state index contributed by atoms with van der Waals surface area (Å²) < 4.78 is 25.7. The molecule has 0 atom stereocenters. The zero-order valence-electron chi connectivity index (χ0n) is 11.8. The molecule has 0 aliphatic carbocycles. The molecule has 1 aromatic rings. The monoisotopic (exact) mass is 296 g/mol. The van der Waals surface area contributed by atoms with Crippen molar-refractivity contribution in [3.8, 4) is 0 Å². The molecule has 1 aliphatic rings. The second-order valence-corrected chi connectivity index (χ2v) is 6.92. The molecule has 0 bridgehead atoms. The molecule has 5 nitrogen and oxygen atoms in total. The van der Waals surface area contributed by atoms with Crippen LogP contribution in [0.25, 0.3) is 0 Å². The van der Waals surface area contributed by atoms with Crippen LogP contribution in [0.4, 0.5) is 5.69 Å². The van der Waals surface area contributed by atoms with E-state index in [2.05, 4.69) is 4.72 Å². The minimum Gasteiger partial charge on any atom is -0.338 e. The van der Waals surface area contributed by atoms with E-state index in [0.29, 0.717) is 18.7 Å². The maximum atomic E-state index is 11.8. The van der Waals surface area contributed by atoms with Gasteiger partial charge in [-0.05, 0) is 36.6 Å². The van der Waals surface area contributed by atoms with Gasteiger partial charge in [0.05, 0.1) is 5.75 Å². The van der Waals surface area contributed by atoms with E-state index < -0.39 is 10.0 Å². The van der Waals surface area contributed by atoms with Crippen molar-refractivity contribution in [1.29, 1.82) is 0 Å². The van der Waals surface area contributed by atoms with E-state index in [9.17, 15) is 13.2 Å². The van der Waals surface area contributed by atoms with Crippen molar-refractivity contribution < 1.29 is 13.2 Å². The molecule has 0 spiro atoms. The number of benzene rings is 1. The highest BCUT2D eigenvalue weighted by molar-refractivity contribution is 7.92. The summed E-state index contributed by atoms with van der Waals surface area (Å²) >= 11 is 0. The second-order valence-electron chi connectivity index (χ2n) is 4.91. The highest BCUT2D eigenvalue weighted by atomic mass is 32.2. The first-order chi connectivity index (χ1) is 9.45. The third-order valence-electron chi connectivity index (χ3n) is 3.53. The van der Waals surface area contributed by atoms with E-state index in [1.54, 1.807) is 13.0 Å². The predicted octanol–water partition coefficient (Wildman–Crippen LogP) is 1.74. The number of fused-ring (bicyclic) bond motifs is 1. The first kappa shape index (κ1) is 14.8. The second kappa shape index (κ2) is 5.83. The minimum absolute atomic E-state index is 0.0462. The fraction of sp³-hybridized carbons (Fsp3) is 0.500. The maximum absolute atomic E-state index is 11.8. The van der Waals surface area contributed by atoms with Crippen LogP contribution in [0.2, 0.25) is 0 Å². The summed E-state index contributed by atoms with van der Waals surface area (Å²) in [4.78, 5) is 13.6. The van der Waals surface area contributed by atoms with E-state index >= 15 is 0 Å². The molecule has 0 saturated heterocycles. The largest absolute Gasteiger partial charge is 0.338 e. The third-order valence-corrected chi connectivity index (χ3v) is 4.83. The van der Waals surface area contributed by atoms with Crippen molar-refractivity contribution in [1.82, 2.24) is 4.90 Å². The van der Waals surface area contributed by atoms with Gasteiger partial charge in [0.1, 0.15) is 0 Å². The normalized spacial score (nSPS) is 14.8. The summed E-state index contributed by atoms with van der Waals surface area (Å²) in [5.41, 5.74) is 2.77. The highest BCUT2D eigenvalue weighted by Gasteiger charge is 2.20. The lowest BCUT2D eigenvalue weighted by atomic mass is 9.99. The van der Waals surface area contributed by atoms with E-state index in [0.717, 1.165) is 18.5 Å². The average Bonchev–Trinajstić information content (AvgIpc) is 2.45. The van der Waals surface area contributed by atoms with Crippen LogP contribution >= 0.6 is 0 Å². The zero-order valence-corrected chi connectivity index (χ0v) is 12.7. The van der Waals surface area contributed by atoms with Crippen LogP contribution < -0.4 is 4.72 Å². The van der Waals surface area contributed by atoms with Crippen molar-refractivity contribution in [3.05, 3.63) is 29.3 Å². The van der Waals surface area contributed by atoms with Gasteiger partial charge in [-0.15, -0.1) is 0 Å². The van der Waals surface area contributed by atoms with Crippen LogP contribution in [-0.4, -0.2) is 31.5 Å². The molecule has 1 N–H and O–H groups in total. The Morgan fingerprint density at radius 3 is 2.70 bits per heavy atom. The predicted molar refractivity (Wildman–Crippen MR) is 78.9 cm³/mol. The lowest BCUT2D eigenvalue weighted by Crippen LogP contribution is -2.35. The summed E-state index contributed by atoms with van der Waals surface area (Å²) in [5.74, 6) is 0.181. The van der Waals surface area contributed by atoms with Gasteiger partial charge in [-0.1, -0.05) is 13.0 Å². The third kappa shape index (κ3) is 3.30. The van der Waals surface area contributed by atoms with E-state index in [-0.39, 0.29) is 11.7 Å². The van der Waals surface area contributed by atoms with Crippen molar-refractivity contribution >= 4 is 21.6 Å². The number of sulfonamides is 1. The summed E-state index contributed by atoms with van der Waals surface area (Å²) in [6, 6.07) is 5.55. The highest BCUT2D eigenvalue weighted by Crippen LogP contribution is 2.23. The Hall–Kier alpha value is -1.56. The first-order valence-electron chi connectivity index (χ1n) is 6.85. The number of rotatable bonds is 4. The van der Waals surface area contributed by atoms with Gasteiger partial charge in [-0.3, -0.25) is 9.52 Å². The molecule has 0 unspecified atom stereocenters. The first-order valence-corrected chi connectivity index (χ1v) is 8.50. The van der Waals surface area contributed by atoms with Crippen molar-refractivity contribution in [2.24, 2.45) is 0 Å². The molecule has 1 amide bonds. The molecule has 0 saturated carbocycles. The molecule has 2 rings (SSSR count). The molecule has 0 aromatic heterocycles. The van der Waals surface area contributed by atoms with Gasteiger partial charge in [-0.2, -0.15) is 0 Å². The molecule has 6 heteroatoms. The number of nitrogens with one attached hydrogen (secondary N) is 1. The minimum atomic E-state index is -3.26. The van der Waals surface area contributed by atoms with Gasteiger partial charge in [0, 0.05) is 25.2 Å². The Labute approximate surface area is 120 Å². The zero-order chi connectivity index (χ0) is 14.8. The van der Waals surface area contributed by atoms with Crippen LogP contribution in [0.5, 0.6) is 0 Å². The smallest absolute Gasteiger partial charge is 0.232 e. The fourth-order valence-corrected chi connectivity index (χ4v) is 2.94. The average molecular weight is 296 g/mol. The number of carbonyl (C=O) groups is 1. The number of nitrogens with zero attached hydrogens (tertiary/aromatic N) is 1. The van der Waals surface area contributed by atoms with Gasteiger partial charge in [0.25, 0.3) is 0 Å². The number of hydrogen-bond acceptors (Lipinski definition) is 3. The summed E-state index contributed by atoms with van der Waals surface area (Å²) in [5, 5.41) is 0. The number of hydrogen-bond donors (Lipinski definition) is 1. The molecular formula is C14H20N2O3S. The standard InChI is InChI=1S/C14H20N2O3S/c1-3-14(17)16-8-7-11-5-6-13(9-12(11)10-16)15-20(18,19)4-2/h5-6,9,15H,3-4,7-8,10H2,1-2H3. The van der Waals surface area contributed by atoms with E-state index in [1.165, 1.54) is 5.56 Å². The van der Waals surface area contributed by atoms with Gasteiger partial charge in [0.15, 0.2) is 0 Å². The summed E-state index contributed by atoms with van der Waals surface area (Å²) in [6.45, 7) is 4.75. The van der Waals surface area contributed by atoms with Gasteiger partial charge in [-0.25, -0.2) is 8.42 Å². The lowest BCUT2D eigenvalue weighted by Gasteiger charge is -2.29. The summed E-state index contributed by atoms with van der Waals surface area (Å²) in [7, 11) is -3.26. The molecule has 0 fully saturated rings. The number of carbonyl (C=O) groups excluding carboxylic acids is 1. The Morgan fingerprint density at radius 1 is 1.30 bits per heavy atom. The van der Waals surface area contributed by atoms with Crippen LogP contribution in [-0.2, 0) is 27.8 Å². The van der Waals surface area contributed by atoms with Crippen molar-refractivity contribution in [2.75, 3.05) is 17.0 Å². The fourth-order valence-electron chi connectivity index (χ4n) is 2.31. The summed E-state index contributed by atoms with van der Waals surface area (Å²) in [6.07, 6.45) is 1.32. The molecule has 1 heterocycles. The molecule has 110 valence electrons. The molecule has 0 radical (unpaired) electrons. The quantitative estimate of drug-likeness (QED) is 0.920. The van der Waals surface area contributed by atoms with Gasteiger partial charge in [0.2, 0.25) is 15.9 Å². The SMILES string of the molecule is CCC(=O)N1CCc2ccc(NS(=O)(=O)CC)cc2C1. The molecular weight excluding hydrogens is 276 g/mol. The van der Waals surface area contributed by atoms with Crippen LogP contribution in [0.3, 0.4) is 0 Å². The Balaban J connectivity index is 2.21.